The van der Waals surface area contributed by atoms with Crippen molar-refractivity contribution in [1.82, 2.24) is 9.13 Å². The molecule has 0 saturated heterocycles. The minimum atomic E-state index is -2.67. The van der Waals surface area contributed by atoms with Gasteiger partial charge in [0, 0.05) is 32.9 Å². The first kappa shape index (κ1) is 32.1. The van der Waals surface area contributed by atoms with Gasteiger partial charge in [-0.1, -0.05) is 176 Å². The number of rotatable bonds is 5. The average molecular weight is 741 g/mol. The number of hydrogen-bond donors (Lipinski definition) is 0. The summed E-state index contributed by atoms with van der Waals surface area (Å²) in [7, 11) is -2.67. The van der Waals surface area contributed by atoms with Crippen LogP contribution in [-0.4, -0.2) is 17.2 Å². The molecular formula is C54H36N2Si. The Morgan fingerprint density at radius 1 is 0.298 bits per heavy atom. The Morgan fingerprint density at radius 2 is 0.807 bits per heavy atom. The number of fused-ring (bicyclic) bond motifs is 9. The first-order valence-corrected chi connectivity index (χ1v) is 21.8. The van der Waals surface area contributed by atoms with Crippen molar-refractivity contribution >= 4 is 72.4 Å². The predicted octanol–water partition coefficient (Wildman–Crippen LogP) is 10.9. The molecule has 0 N–H and O–H groups in total. The minimum Gasteiger partial charge on any atom is -0.309 e. The molecule has 57 heavy (non-hydrogen) atoms. The van der Waals surface area contributed by atoms with Crippen LogP contribution in [0, 0.1) is 0 Å². The second kappa shape index (κ2) is 12.4. The number of nitrogens with zero attached hydrogens (tertiary/aromatic N) is 2. The van der Waals surface area contributed by atoms with Gasteiger partial charge in [0.25, 0.3) is 0 Å². The maximum Gasteiger partial charge on any atom is 0.180 e. The summed E-state index contributed by atoms with van der Waals surface area (Å²) < 4.78 is 4.96. The van der Waals surface area contributed by atoms with E-state index in [-0.39, 0.29) is 0 Å². The van der Waals surface area contributed by atoms with Gasteiger partial charge in [-0.3, -0.25) is 0 Å². The Balaban J connectivity index is 1.13. The summed E-state index contributed by atoms with van der Waals surface area (Å²) in [5.74, 6) is 0. The maximum atomic E-state index is 2.50. The predicted molar refractivity (Wildman–Crippen MR) is 243 cm³/mol. The molecule has 0 spiro atoms. The molecule has 0 radical (unpaired) electrons. The third-order valence-corrected chi connectivity index (χ3v) is 17.3. The molecule has 0 bridgehead atoms. The molecule has 266 valence electrons. The van der Waals surface area contributed by atoms with Crippen molar-refractivity contribution in [2.45, 2.75) is 0 Å². The summed E-state index contributed by atoms with van der Waals surface area (Å²) in [6.07, 6.45) is 0. The van der Waals surface area contributed by atoms with E-state index in [1.165, 1.54) is 92.3 Å². The lowest BCUT2D eigenvalue weighted by Crippen LogP contribution is -2.72. The van der Waals surface area contributed by atoms with Crippen LogP contribution >= 0.6 is 0 Å². The van der Waals surface area contributed by atoms with E-state index in [0.717, 1.165) is 5.69 Å². The van der Waals surface area contributed by atoms with Crippen molar-refractivity contribution in [3.8, 4) is 33.6 Å². The van der Waals surface area contributed by atoms with Crippen LogP contribution in [0.15, 0.2) is 218 Å². The van der Waals surface area contributed by atoms with E-state index in [4.69, 9.17) is 0 Å². The van der Waals surface area contributed by atoms with Gasteiger partial charge in [-0.2, -0.15) is 0 Å². The molecule has 3 heteroatoms. The van der Waals surface area contributed by atoms with Crippen LogP contribution in [0.3, 0.4) is 0 Å². The van der Waals surface area contributed by atoms with E-state index in [1.807, 2.05) is 0 Å². The van der Waals surface area contributed by atoms with Gasteiger partial charge in [0.1, 0.15) is 0 Å². The lowest BCUT2D eigenvalue weighted by molar-refractivity contribution is 1.16. The van der Waals surface area contributed by atoms with Gasteiger partial charge in [-0.25, -0.2) is 0 Å². The number of para-hydroxylation sites is 2. The van der Waals surface area contributed by atoms with E-state index in [2.05, 4.69) is 228 Å². The molecule has 11 aromatic rings. The van der Waals surface area contributed by atoms with Crippen LogP contribution in [0.2, 0.25) is 0 Å². The highest BCUT2D eigenvalue weighted by Gasteiger charge is 2.48. The molecule has 1 aliphatic heterocycles. The smallest absolute Gasteiger partial charge is 0.180 e. The highest BCUT2D eigenvalue weighted by Crippen LogP contribution is 2.40. The molecule has 12 rings (SSSR count). The van der Waals surface area contributed by atoms with Crippen molar-refractivity contribution in [2.24, 2.45) is 0 Å². The molecular weight excluding hydrogens is 705 g/mol. The normalized spacial score (nSPS) is 13.1. The van der Waals surface area contributed by atoms with Gasteiger partial charge in [-0.15, -0.1) is 0 Å². The summed E-state index contributed by atoms with van der Waals surface area (Å²) in [6.45, 7) is 0. The topological polar surface area (TPSA) is 9.86 Å². The maximum absolute atomic E-state index is 2.67. The number of hydrogen-bond acceptors (Lipinski definition) is 0. The van der Waals surface area contributed by atoms with Crippen molar-refractivity contribution in [3.05, 3.63) is 218 Å². The zero-order chi connectivity index (χ0) is 37.5. The minimum absolute atomic E-state index is 1.15. The quantitative estimate of drug-likeness (QED) is 0.156. The second-order valence-electron chi connectivity index (χ2n) is 15.2. The van der Waals surface area contributed by atoms with Crippen molar-refractivity contribution in [2.75, 3.05) is 0 Å². The van der Waals surface area contributed by atoms with Gasteiger partial charge in [0.05, 0.1) is 22.1 Å². The van der Waals surface area contributed by atoms with Crippen molar-refractivity contribution < 1.29 is 0 Å². The third kappa shape index (κ3) is 4.52. The summed E-state index contributed by atoms with van der Waals surface area (Å²) >= 11 is 0. The van der Waals surface area contributed by atoms with E-state index >= 15 is 0 Å². The van der Waals surface area contributed by atoms with Gasteiger partial charge in [0.2, 0.25) is 0 Å². The molecule has 2 nitrogen and oxygen atoms in total. The van der Waals surface area contributed by atoms with Crippen LogP contribution in [-0.2, 0) is 0 Å². The lowest BCUT2D eigenvalue weighted by atomic mass is 9.99. The largest absolute Gasteiger partial charge is 0.309 e. The molecule has 0 unspecified atom stereocenters. The summed E-state index contributed by atoms with van der Waals surface area (Å²) in [4.78, 5) is 0. The van der Waals surface area contributed by atoms with E-state index < -0.39 is 8.07 Å². The number of benzene rings is 9. The summed E-state index contributed by atoms with van der Waals surface area (Å²) in [6, 6.07) is 81.3. The Labute approximate surface area is 332 Å². The first-order chi connectivity index (χ1) is 28.3. The molecule has 2 aromatic heterocycles. The van der Waals surface area contributed by atoms with Crippen molar-refractivity contribution in [1.29, 1.82) is 0 Å². The van der Waals surface area contributed by atoms with Crippen LogP contribution < -0.4 is 20.7 Å². The molecule has 0 amide bonds. The Morgan fingerprint density at radius 3 is 1.56 bits per heavy atom. The third-order valence-electron chi connectivity index (χ3n) is 12.4. The Hall–Kier alpha value is -7.20. The first-order valence-electron chi connectivity index (χ1n) is 19.8. The Kier molecular flexibility index (Phi) is 6.98. The SMILES string of the molecule is c1ccc(-c2cccc3c2c2ccccc2n3-c2ccc3c4ccccc4n(-c4cccc([Si]5(c6ccccc6)c6ccccc6-c6ccccc65)c4)c3c2)cc1. The molecule has 9 aromatic carbocycles. The highest BCUT2D eigenvalue weighted by atomic mass is 28.3. The molecule has 0 fully saturated rings. The standard InChI is InChI=1S/C54H36N2Si/c1-3-17-37(18-4-1)42-27-16-30-50-54(42)47-26-8-12-29-49(47)55(50)39-33-34-44-43-23-7-11-28-48(43)56(51(44)36-39)38-19-15-22-41(35-38)57(40-20-5-2-6-21-40)52-31-13-9-24-45(52)46-25-10-14-32-53(46)57/h1-36H. The molecule has 0 atom stereocenters. The Bertz CT molecular complexity index is 3310. The number of aromatic nitrogens is 2. The van der Waals surface area contributed by atoms with Crippen LogP contribution in [0.5, 0.6) is 0 Å². The van der Waals surface area contributed by atoms with Gasteiger partial charge in [-0.05, 0) is 85.5 Å². The highest BCUT2D eigenvalue weighted by molar-refractivity contribution is 7.22. The summed E-state index contributed by atoms with van der Waals surface area (Å²) in [5, 5.41) is 10.8. The van der Waals surface area contributed by atoms with Gasteiger partial charge >= 0.3 is 0 Å². The fraction of sp³-hybridized carbons (Fsp3) is 0. The molecule has 1 aliphatic rings. The van der Waals surface area contributed by atoms with Crippen molar-refractivity contribution in [3.63, 3.8) is 0 Å². The van der Waals surface area contributed by atoms with E-state index in [0.29, 0.717) is 0 Å². The fourth-order valence-electron chi connectivity index (χ4n) is 10.1. The monoisotopic (exact) mass is 740 g/mol. The average Bonchev–Trinajstić information content (AvgIpc) is 3.91. The zero-order valence-electron chi connectivity index (χ0n) is 31.2. The molecule has 3 heterocycles. The molecule has 0 saturated carbocycles. The second-order valence-corrected chi connectivity index (χ2v) is 19.0. The van der Waals surface area contributed by atoms with Crippen LogP contribution in [0.1, 0.15) is 0 Å². The van der Waals surface area contributed by atoms with E-state index in [1.54, 1.807) is 0 Å². The lowest BCUT2D eigenvalue weighted by Gasteiger charge is -2.31. The van der Waals surface area contributed by atoms with Crippen LogP contribution in [0.25, 0.3) is 77.2 Å². The van der Waals surface area contributed by atoms with Crippen LogP contribution in [0.4, 0.5) is 0 Å². The fourth-order valence-corrected chi connectivity index (χ4v) is 15.3. The van der Waals surface area contributed by atoms with E-state index in [9.17, 15) is 0 Å². The molecule has 0 aliphatic carbocycles. The van der Waals surface area contributed by atoms with Gasteiger partial charge < -0.3 is 9.13 Å². The van der Waals surface area contributed by atoms with Gasteiger partial charge in [0.15, 0.2) is 8.07 Å². The summed E-state index contributed by atoms with van der Waals surface area (Å²) in [5.41, 5.74) is 12.3. The zero-order valence-corrected chi connectivity index (χ0v) is 32.2.